The predicted octanol–water partition coefficient (Wildman–Crippen LogP) is 3.46. The van der Waals surface area contributed by atoms with Gasteiger partial charge in [-0.3, -0.25) is 0 Å². The van der Waals surface area contributed by atoms with E-state index in [1.165, 1.54) is 0 Å². The van der Waals surface area contributed by atoms with Crippen LogP contribution in [0.4, 0.5) is 5.82 Å². The van der Waals surface area contributed by atoms with Gasteiger partial charge >= 0.3 is 0 Å². The predicted molar refractivity (Wildman–Crippen MR) is 79.8 cm³/mol. The van der Waals surface area contributed by atoms with E-state index < -0.39 is 6.10 Å². The molecule has 0 saturated heterocycles. The Morgan fingerprint density at radius 1 is 1.10 bits per heavy atom. The van der Waals surface area contributed by atoms with Crippen LogP contribution in [0.3, 0.4) is 0 Å². The average Bonchev–Trinajstić information content (AvgIpc) is 2.47. The van der Waals surface area contributed by atoms with Gasteiger partial charge in [0.05, 0.1) is 6.10 Å². The first-order valence-electron chi connectivity index (χ1n) is 6.39. The fourth-order valence-electron chi connectivity index (χ4n) is 1.46. The van der Waals surface area contributed by atoms with Crippen LogP contribution < -0.4 is 5.32 Å². The van der Waals surface area contributed by atoms with Gasteiger partial charge in [0.25, 0.3) is 0 Å². The van der Waals surface area contributed by atoms with E-state index in [9.17, 15) is 5.11 Å². The second kappa shape index (κ2) is 11.6. The fourth-order valence-corrected chi connectivity index (χ4v) is 1.46. The molecule has 0 radical (unpaired) electrons. The number of aliphatic hydroxyl groups is 1. The molecule has 2 rings (SSSR count). The summed E-state index contributed by atoms with van der Waals surface area (Å²) in [4.78, 5) is 4.12. The summed E-state index contributed by atoms with van der Waals surface area (Å²) >= 11 is 0. The van der Waals surface area contributed by atoms with Crippen molar-refractivity contribution in [1.29, 1.82) is 0 Å². The number of nitrogens with one attached hydrogen (secondary N) is 1. The Labute approximate surface area is 135 Å². The molecule has 1 aromatic heterocycles. The van der Waals surface area contributed by atoms with Crippen LogP contribution in [0.2, 0.25) is 0 Å². The molecule has 0 saturated carbocycles. The normalized spacial score (nSPS) is 10.6. The first kappa shape index (κ1) is 18.8. The van der Waals surface area contributed by atoms with Crippen LogP contribution in [0.5, 0.6) is 0 Å². The molecule has 108 valence electrons. The first-order valence-corrected chi connectivity index (χ1v) is 6.39. The topological polar surface area (TPSA) is 45.1 Å². The molecular formula is C16H21N2OW-. The Balaban J connectivity index is 0.000000830. The van der Waals surface area contributed by atoms with E-state index in [-0.39, 0.29) is 21.1 Å². The minimum absolute atomic E-state index is 0. The van der Waals surface area contributed by atoms with E-state index in [1.54, 1.807) is 6.20 Å². The molecule has 2 aromatic rings. The fraction of sp³-hybridized carbons (Fsp3) is 0.250. The molecule has 1 unspecified atom stereocenters. The van der Waals surface area contributed by atoms with Crippen molar-refractivity contribution in [3.05, 3.63) is 66.7 Å². The zero-order valence-corrected chi connectivity index (χ0v) is 14.8. The summed E-state index contributed by atoms with van der Waals surface area (Å²) in [5, 5.41) is 13.0. The van der Waals surface area contributed by atoms with Crippen LogP contribution in [0.1, 0.15) is 25.5 Å². The number of rotatable bonds is 4. The van der Waals surface area contributed by atoms with Gasteiger partial charge < -0.3 is 16.8 Å². The summed E-state index contributed by atoms with van der Waals surface area (Å²) in [6.45, 7) is 4.46. The van der Waals surface area contributed by atoms with E-state index in [0.717, 1.165) is 11.4 Å². The summed E-state index contributed by atoms with van der Waals surface area (Å²) in [5.74, 6) is 0.775. The number of nitrogens with zero attached hydrogens (tertiary/aromatic N) is 1. The standard InChI is InChI=1S/C13H14N2O.C3H7.W/c16-12(11-6-2-1-3-7-11)10-15-13-8-4-5-9-14-13;1-3-2;/h1-9,12,16H,10H2,(H,14,15);3H,1-2H3;/q;-1;. The van der Waals surface area contributed by atoms with Crippen molar-refractivity contribution in [2.24, 2.45) is 0 Å². The molecule has 0 aliphatic heterocycles. The molecule has 0 aliphatic carbocycles. The smallest absolute Gasteiger partial charge is 0.125 e. The van der Waals surface area contributed by atoms with Crippen molar-refractivity contribution < 1.29 is 26.2 Å². The molecule has 0 amide bonds. The second-order valence-corrected chi connectivity index (χ2v) is 4.10. The minimum Gasteiger partial charge on any atom is -0.387 e. The maximum atomic E-state index is 9.89. The Kier molecular flexibility index (Phi) is 10.9. The number of hydrogen-bond donors (Lipinski definition) is 2. The van der Waals surface area contributed by atoms with Gasteiger partial charge in [0, 0.05) is 33.8 Å². The van der Waals surface area contributed by atoms with Gasteiger partial charge in [-0.25, -0.2) is 4.98 Å². The van der Waals surface area contributed by atoms with Gasteiger partial charge in [-0.1, -0.05) is 36.4 Å². The van der Waals surface area contributed by atoms with E-state index in [1.807, 2.05) is 68.8 Å². The summed E-state index contributed by atoms with van der Waals surface area (Å²) in [7, 11) is 0. The number of anilines is 1. The van der Waals surface area contributed by atoms with Crippen LogP contribution in [-0.4, -0.2) is 16.6 Å². The summed E-state index contributed by atoms with van der Waals surface area (Å²) in [6, 6.07) is 15.2. The Bertz CT molecular complexity index is 437. The zero-order valence-electron chi connectivity index (χ0n) is 11.9. The number of hydrogen-bond acceptors (Lipinski definition) is 3. The second-order valence-electron chi connectivity index (χ2n) is 4.10. The largest absolute Gasteiger partial charge is 0.387 e. The number of benzene rings is 1. The van der Waals surface area contributed by atoms with Crippen LogP contribution in [0, 0.1) is 6.42 Å². The monoisotopic (exact) mass is 441 g/mol. The van der Waals surface area contributed by atoms with E-state index in [0.29, 0.717) is 6.54 Å². The van der Waals surface area contributed by atoms with Gasteiger partial charge in [0.15, 0.2) is 0 Å². The Morgan fingerprint density at radius 3 is 2.25 bits per heavy atom. The molecule has 0 spiro atoms. The van der Waals surface area contributed by atoms with Crippen molar-refractivity contribution in [2.75, 3.05) is 11.9 Å². The van der Waals surface area contributed by atoms with E-state index in [4.69, 9.17) is 0 Å². The first-order chi connectivity index (χ1) is 9.27. The van der Waals surface area contributed by atoms with Gasteiger partial charge in [0.2, 0.25) is 0 Å². The molecule has 1 heterocycles. The quantitative estimate of drug-likeness (QED) is 0.715. The molecule has 20 heavy (non-hydrogen) atoms. The van der Waals surface area contributed by atoms with Crippen LogP contribution in [0.15, 0.2) is 54.7 Å². The molecule has 4 heteroatoms. The molecule has 1 aromatic carbocycles. The molecular weight excluding hydrogens is 420 g/mol. The number of aliphatic hydroxyl groups excluding tert-OH is 1. The molecule has 0 aliphatic rings. The van der Waals surface area contributed by atoms with E-state index >= 15 is 0 Å². The van der Waals surface area contributed by atoms with Crippen molar-refractivity contribution in [3.63, 3.8) is 0 Å². The van der Waals surface area contributed by atoms with Crippen molar-refractivity contribution in [3.8, 4) is 0 Å². The van der Waals surface area contributed by atoms with Crippen molar-refractivity contribution in [2.45, 2.75) is 20.0 Å². The van der Waals surface area contributed by atoms with Crippen LogP contribution in [0.25, 0.3) is 0 Å². The zero-order chi connectivity index (χ0) is 13.9. The van der Waals surface area contributed by atoms with Gasteiger partial charge in [-0.05, 0) is 17.7 Å². The summed E-state index contributed by atoms with van der Waals surface area (Å²) in [6.07, 6.45) is 3.21. The molecule has 0 bridgehead atoms. The third-order valence-electron chi connectivity index (χ3n) is 2.33. The molecule has 2 N–H and O–H groups in total. The van der Waals surface area contributed by atoms with Crippen LogP contribution >= 0.6 is 0 Å². The maximum Gasteiger partial charge on any atom is 0.125 e. The molecule has 0 fully saturated rings. The number of aromatic nitrogens is 1. The average molecular weight is 441 g/mol. The SMILES string of the molecule is C[CH-]C.OC(CNc1ccccn1)c1ccccc1.[W]. The number of pyridine rings is 1. The molecule has 3 nitrogen and oxygen atoms in total. The van der Waals surface area contributed by atoms with E-state index in [2.05, 4.69) is 10.3 Å². The maximum absolute atomic E-state index is 9.89. The van der Waals surface area contributed by atoms with Gasteiger partial charge in [-0.2, -0.15) is 13.8 Å². The summed E-state index contributed by atoms with van der Waals surface area (Å²) in [5.41, 5.74) is 0.908. The van der Waals surface area contributed by atoms with Crippen molar-refractivity contribution >= 4 is 5.82 Å². The van der Waals surface area contributed by atoms with Crippen molar-refractivity contribution in [1.82, 2.24) is 4.98 Å². The molecule has 1 atom stereocenters. The van der Waals surface area contributed by atoms with Crippen LogP contribution in [-0.2, 0) is 21.1 Å². The Morgan fingerprint density at radius 2 is 1.70 bits per heavy atom. The third kappa shape index (κ3) is 7.42. The third-order valence-corrected chi connectivity index (χ3v) is 2.33. The van der Waals surface area contributed by atoms with Gasteiger partial charge in [-0.15, -0.1) is 0 Å². The van der Waals surface area contributed by atoms with Gasteiger partial charge in [0.1, 0.15) is 5.82 Å². The Hall–Kier alpha value is -1.18. The minimum atomic E-state index is -0.511. The summed E-state index contributed by atoms with van der Waals surface area (Å²) < 4.78 is 0.